The van der Waals surface area contributed by atoms with Crippen LogP contribution in [0.5, 0.6) is 0 Å². The lowest BCUT2D eigenvalue weighted by Gasteiger charge is -2.42. The second-order valence-electron chi connectivity index (χ2n) is 8.44. The first-order valence-electron chi connectivity index (χ1n) is 10.9. The predicted molar refractivity (Wildman–Crippen MR) is 113 cm³/mol. The summed E-state index contributed by atoms with van der Waals surface area (Å²) in [5, 5.41) is 1.33. The number of fused-ring (bicyclic) bond motifs is 3. The minimum atomic E-state index is 0.181. The zero-order chi connectivity index (χ0) is 19.6. The van der Waals surface area contributed by atoms with Gasteiger partial charge in [-0.2, -0.15) is 0 Å². The van der Waals surface area contributed by atoms with E-state index < -0.39 is 0 Å². The summed E-state index contributed by atoms with van der Waals surface area (Å²) >= 11 is 0. The van der Waals surface area contributed by atoms with E-state index in [-0.39, 0.29) is 11.9 Å². The third-order valence-corrected chi connectivity index (χ3v) is 6.71. The Bertz CT molecular complexity index is 991. The van der Waals surface area contributed by atoms with Crippen LogP contribution < -0.4 is 0 Å². The van der Waals surface area contributed by atoms with Gasteiger partial charge in [-0.25, -0.2) is 0 Å². The monoisotopic (exact) mass is 388 g/mol. The molecule has 5 nitrogen and oxygen atoms in total. The van der Waals surface area contributed by atoms with Crippen LogP contribution in [0.4, 0.5) is 0 Å². The molecule has 0 bridgehead atoms. The number of para-hydroxylation sites is 1. The van der Waals surface area contributed by atoms with Crippen molar-refractivity contribution in [2.24, 2.45) is 5.92 Å². The molecule has 1 aromatic carbocycles. The average molecular weight is 389 g/mol. The van der Waals surface area contributed by atoms with E-state index >= 15 is 0 Å². The molecule has 2 aliphatic rings. The molecule has 29 heavy (non-hydrogen) atoms. The minimum absolute atomic E-state index is 0.181. The first-order chi connectivity index (χ1) is 14.3. The highest BCUT2D eigenvalue weighted by molar-refractivity contribution is 5.86. The zero-order valence-electron chi connectivity index (χ0n) is 16.8. The molecule has 1 saturated carbocycles. The first kappa shape index (κ1) is 18.3. The van der Waals surface area contributed by atoms with E-state index in [0.717, 1.165) is 18.7 Å². The van der Waals surface area contributed by atoms with Crippen LogP contribution in [0.15, 0.2) is 42.9 Å². The van der Waals surface area contributed by atoms with Gasteiger partial charge in [-0.1, -0.05) is 37.5 Å². The summed E-state index contributed by atoms with van der Waals surface area (Å²) < 4.78 is 0. The highest BCUT2D eigenvalue weighted by atomic mass is 16.2. The van der Waals surface area contributed by atoms with Crippen LogP contribution >= 0.6 is 0 Å². The van der Waals surface area contributed by atoms with Crippen molar-refractivity contribution in [2.75, 3.05) is 6.54 Å². The first-order valence-corrected chi connectivity index (χ1v) is 10.9. The smallest absolute Gasteiger partial charge is 0.223 e. The average Bonchev–Trinajstić information content (AvgIpc) is 3.17. The molecule has 0 spiro atoms. The van der Waals surface area contributed by atoms with E-state index in [9.17, 15) is 4.79 Å². The molecule has 5 heteroatoms. The summed E-state index contributed by atoms with van der Waals surface area (Å²) in [4.78, 5) is 27.6. The molecule has 0 saturated heterocycles. The van der Waals surface area contributed by atoms with E-state index in [1.807, 2.05) is 0 Å². The Kier molecular flexibility index (Phi) is 5.04. The van der Waals surface area contributed by atoms with Gasteiger partial charge in [-0.3, -0.25) is 14.8 Å². The number of nitrogens with zero attached hydrogens (tertiary/aromatic N) is 3. The quantitative estimate of drug-likeness (QED) is 0.711. The number of rotatable bonds is 4. The van der Waals surface area contributed by atoms with Crippen LogP contribution in [0.1, 0.15) is 61.5 Å². The topological polar surface area (TPSA) is 61.9 Å². The summed E-state index contributed by atoms with van der Waals surface area (Å²) in [5.74, 6) is 0.798. The second kappa shape index (κ2) is 7.97. The number of aromatic amines is 1. The molecule has 1 aliphatic heterocycles. The molecule has 2 aromatic heterocycles. The fraction of sp³-hybridized carbons (Fsp3) is 0.458. The maximum absolute atomic E-state index is 13.3. The number of hydrogen-bond acceptors (Lipinski definition) is 3. The fourth-order valence-corrected chi connectivity index (χ4v) is 5.33. The molecule has 150 valence electrons. The van der Waals surface area contributed by atoms with Gasteiger partial charge >= 0.3 is 0 Å². The number of carbonyl (C=O) groups is 1. The molecule has 1 atom stereocenters. The van der Waals surface area contributed by atoms with Crippen molar-refractivity contribution in [2.45, 2.75) is 57.4 Å². The molecule has 1 N–H and O–H groups in total. The van der Waals surface area contributed by atoms with Crippen molar-refractivity contribution in [3.63, 3.8) is 0 Å². The minimum Gasteiger partial charge on any atom is -0.356 e. The van der Waals surface area contributed by atoms with Crippen molar-refractivity contribution in [1.82, 2.24) is 19.9 Å². The number of aryl methyl sites for hydroxylation is 1. The van der Waals surface area contributed by atoms with Crippen molar-refractivity contribution >= 4 is 16.8 Å². The number of amides is 1. The number of aromatic nitrogens is 3. The lowest BCUT2D eigenvalue weighted by molar-refractivity contribution is -0.135. The van der Waals surface area contributed by atoms with Gasteiger partial charge in [0, 0.05) is 48.2 Å². The van der Waals surface area contributed by atoms with Gasteiger partial charge in [-0.05, 0) is 43.2 Å². The van der Waals surface area contributed by atoms with Gasteiger partial charge in [0.25, 0.3) is 0 Å². The van der Waals surface area contributed by atoms with Gasteiger partial charge in [0.1, 0.15) is 0 Å². The Balaban J connectivity index is 1.45. The van der Waals surface area contributed by atoms with Gasteiger partial charge in [-0.15, -0.1) is 0 Å². The number of H-pyrrole nitrogens is 1. The highest BCUT2D eigenvalue weighted by Gasteiger charge is 2.38. The van der Waals surface area contributed by atoms with Gasteiger partial charge < -0.3 is 9.88 Å². The molecule has 1 fully saturated rings. The van der Waals surface area contributed by atoms with Crippen molar-refractivity contribution in [3.05, 3.63) is 59.8 Å². The second-order valence-corrected chi connectivity index (χ2v) is 8.44. The Labute approximate surface area is 171 Å². The standard InChI is InChI=1S/C24H28N4O/c29-22(11-10-18-16-25-13-14-26-18)28-15-12-20-19-8-4-5-9-21(19)27-23(20)24(28)17-6-2-1-3-7-17/h4-5,8-9,13-14,16-17,24,27H,1-3,6-7,10-12,15H2. The van der Waals surface area contributed by atoms with Crippen LogP contribution in [0.25, 0.3) is 10.9 Å². The number of carbonyl (C=O) groups excluding carboxylic acids is 1. The van der Waals surface area contributed by atoms with E-state index in [0.29, 0.717) is 18.8 Å². The fourth-order valence-electron chi connectivity index (χ4n) is 5.33. The summed E-state index contributed by atoms with van der Waals surface area (Å²) in [6.45, 7) is 0.815. The van der Waals surface area contributed by atoms with Crippen LogP contribution in [0.3, 0.4) is 0 Å². The molecular formula is C24H28N4O. The summed E-state index contributed by atoms with van der Waals surface area (Å²) in [5.41, 5.74) is 4.80. The molecule has 5 rings (SSSR count). The third kappa shape index (κ3) is 3.54. The van der Waals surface area contributed by atoms with Gasteiger partial charge in [0.05, 0.1) is 11.7 Å². The molecular weight excluding hydrogens is 360 g/mol. The Morgan fingerprint density at radius 2 is 2.00 bits per heavy atom. The van der Waals surface area contributed by atoms with Crippen molar-refractivity contribution in [1.29, 1.82) is 0 Å². The van der Waals surface area contributed by atoms with Crippen molar-refractivity contribution in [3.8, 4) is 0 Å². The molecule has 3 heterocycles. The van der Waals surface area contributed by atoms with E-state index in [4.69, 9.17) is 0 Å². The largest absolute Gasteiger partial charge is 0.356 e. The predicted octanol–water partition coefficient (Wildman–Crippen LogP) is 4.60. The molecule has 0 radical (unpaired) electrons. The Morgan fingerprint density at radius 3 is 2.83 bits per heavy atom. The van der Waals surface area contributed by atoms with Crippen LogP contribution in [-0.2, 0) is 17.6 Å². The molecule has 1 amide bonds. The maximum atomic E-state index is 13.3. The van der Waals surface area contributed by atoms with Crippen LogP contribution in [0.2, 0.25) is 0 Å². The lowest BCUT2D eigenvalue weighted by Crippen LogP contribution is -2.43. The van der Waals surface area contributed by atoms with Gasteiger partial charge in [0.15, 0.2) is 0 Å². The van der Waals surface area contributed by atoms with E-state index in [2.05, 4.69) is 44.1 Å². The summed E-state index contributed by atoms with van der Waals surface area (Å²) in [6, 6.07) is 8.76. The third-order valence-electron chi connectivity index (χ3n) is 6.71. The Hall–Kier alpha value is -2.69. The Morgan fingerprint density at radius 1 is 1.14 bits per heavy atom. The van der Waals surface area contributed by atoms with Crippen LogP contribution in [-0.4, -0.2) is 32.3 Å². The zero-order valence-corrected chi connectivity index (χ0v) is 16.8. The van der Waals surface area contributed by atoms with Crippen LogP contribution in [0, 0.1) is 5.92 Å². The summed E-state index contributed by atoms with van der Waals surface area (Å²) in [7, 11) is 0. The highest BCUT2D eigenvalue weighted by Crippen LogP contribution is 2.43. The van der Waals surface area contributed by atoms with Crippen molar-refractivity contribution < 1.29 is 4.79 Å². The van der Waals surface area contributed by atoms with Gasteiger partial charge in [0.2, 0.25) is 5.91 Å². The number of benzene rings is 1. The molecule has 3 aromatic rings. The van der Waals surface area contributed by atoms with E-state index in [1.165, 1.54) is 54.3 Å². The number of nitrogens with one attached hydrogen (secondary N) is 1. The maximum Gasteiger partial charge on any atom is 0.223 e. The molecule has 1 aliphatic carbocycles. The summed E-state index contributed by atoms with van der Waals surface area (Å²) in [6.07, 6.45) is 13.5. The number of hydrogen-bond donors (Lipinski definition) is 1. The van der Waals surface area contributed by atoms with E-state index in [1.54, 1.807) is 18.6 Å². The lowest BCUT2D eigenvalue weighted by atomic mass is 9.79. The SMILES string of the molecule is O=C(CCc1cnccn1)N1CCc2c([nH]c3ccccc23)C1C1CCCCC1. The molecule has 1 unspecified atom stereocenters. The normalized spacial score (nSPS) is 20.0.